The number of primary amides is 1. The van der Waals surface area contributed by atoms with Crippen molar-refractivity contribution in [2.24, 2.45) is 16.6 Å². The van der Waals surface area contributed by atoms with Gasteiger partial charge in [-0.15, -0.1) is 0 Å². The number of hydrogen-bond donors (Lipinski definition) is 3. The molecule has 140 valence electrons. The molecule has 8 heteroatoms. The van der Waals surface area contributed by atoms with Gasteiger partial charge in [0.15, 0.2) is 0 Å². The summed E-state index contributed by atoms with van der Waals surface area (Å²) in [7, 11) is 0. The summed E-state index contributed by atoms with van der Waals surface area (Å²) in [5.74, 6) is -0.743. The standard InChI is InChI=1S/C20H17N5O2S/c21-17(26)15-14(13-9-5-2-6-10-13)16-19(27-18(15)22)24-20(28-16)25-23-11-12-7-3-1-4-8-12/h1-11,14H,22H2,(H2,21,26)(H,24,25)/b23-11+. The first-order valence-electron chi connectivity index (χ1n) is 8.50. The van der Waals surface area contributed by atoms with Gasteiger partial charge in [0.25, 0.3) is 5.91 Å². The predicted octanol–water partition coefficient (Wildman–Crippen LogP) is 2.77. The predicted molar refractivity (Wildman–Crippen MR) is 109 cm³/mol. The van der Waals surface area contributed by atoms with Crippen molar-refractivity contribution >= 4 is 28.6 Å². The summed E-state index contributed by atoms with van der Waals surface area (Å²) in [6, 6.07) is 19.2. The fourth-order valence-corrected chi connectivity index (χ4v) is 3.96. The molecule has 1 aromatic heterocycles. The number of hydrogen-bond acceptors (Lipinski definition) is 7. The number of benzene rings is 2. The van der Waals surface area contributed by atoms with Crippen molar-refractivity contribution in [2.75, 3.05) is 5.43 Å². The van der Waals surface area contributed by atoms with Gasteiger partial charge >= 0.3 is 0 Å². The summed E-state index contributed by atoms with van der Waals surface area (Å²) < 4.78 is 5.57. The molecule has 1 aliphatic heterocycles. The topological polar surface area (TPSA) is 116 Å². The molecule has 5 N–H and O–H groups in total. The Morgan fingerprint density at radius 2 is 1.82 bits per heavy atom. The van der Waals surface area contributed by atoms with Crippen molar-refractivity contribution in [3.63, 3.8) is 0 Å². The van der Waals surface area contributed by atoms with Crippen molar-refractivity contribution in [1.29, 1.82) is 0 Å². The highest BCUT2D eigenvalue weighted by Crippen LogP contribution is 2.46. The Kier molecular flexibility index (Phi) is 4.77. The van der Waals surface area contributed by atoms with Gasteiger partial charge in [-0.1, -0.05) is 72.0 Å². The van der Waals surface area contributed by atoms with Crippen LogP contribution in [0.2, 0.25) is 0 Å². The highest BCUT2D eigenvalue weighted by atomic mass is 32.1. The van der Waals surface area contributed by atoms with Gasteiger partial charge < -0.3 is 16.2 Å². The molecule has 2 aromatic carbocycles. The minimum Gasteiger partial charge on any atom is -0.421 e. The molecule has 0 spiro atoms. The van der Waals surface area contributed by atoms with E-state index in [0.717, 1.165) is 16.0 Å². The zero-order valence-corrected chi connectivity index (χ0v) is 15.5. The van der Waals surface area contributed by atoms with Crippen LogP contribution in [0.1, 0.15) is 21.9 Å². The van der Waals surface area contributed by atoms with Gasteiger partial charge in [-0.3, -0.25) is 10.2 Å². The number of fused-ring (bicyclic) bond motifs is 1. The first-order valence-corrected chi connectivity index (χ1v) is 9.32. The van der Waals surface area contributed by atoms with Crippen LogP contribution in [0.4, 0.5) is 5.13 Å². The van der Waals surface area contributed by atoms with Gasteiger partial charge in [-0.05, 0) is 11.1 Å². The quantitative estimate of drug-likeness (QED) is 0.457. The zero-order chi connectivity index (χ0) is 19.5. The van der Waals surface area contributed by atoms with Crippen LogP contribution in [0, 0.1) is 0 Å². The molecule has 4 rings (SSSR count). The van der Waals surface area contributed by atoms with Crippen molar-refractivity contribution < 1.29 is 9.53 Å². The average molecular weight is 391 g/mol. The fourth-order valence-electron chi connectivity index (χ4n) is 2.98. The van der Waals surface area contributed by atoms with E-state index in [1.807, 2.05) is 60.7 Å². The minimum atomic E-state index is -0.623. The number of rotatable bonds is 5. The lowest BCUT2D eigenvalue weighted by Crippen LogP contribution is -2.29. The smallest absolute Gasteiger partial charge is 0.251 e. The third-order valence-corrected chi connectivity index (χ3v) is 5.22. The molecule has 0 saturated heterocycles. The Morgan fingerprint density at radius 1 is 1.14 bits per heavy atom. The van der Waals surface area contributed by atoms with Crippen LogP contribution in [-0.2, 0) is 4.79 Å². The summed E-state index contributed by atoms with van der Waals surface area (Å²) in [6.45, 7) is 0. The SMILES string of the molecule is NC(=O)C1=C(N)Oc2nc(N/N=C/c3ccccc3)sc2C1c1ccccc1. The van der Waals surface area contributed by atoms with Crippen LogP contribution in [0.3, 0.4) is 0 Å². The molecule has 0 fully saturated rings. The Bertz CT molecular complexity index is 1060. The fraction of sp³-hybridized carbons (Fsp3) is 0.0500. The number of nitrogens with zero attached hydrogens (tertiary/aromatic N) is 2. The second kappa shape index (κ2) is 7.53. The number of ether oxygens (including phenoxy) is 1. The zero-order valence-electron chi connectivity index (χ0n) is 14.7. The number of nitrogens with two attached hydrogens (primary N) is 2. The summed E-state index contributed by atoms with van der Waals surface area (Å²) in [5, 5.41) is 4.73. The minimum absolute atomic E-state index is 0.0292. The summed E-state index contributed by atoms with van der Waals surface area (Å²) in [5.41, 5.74) is 16.5. The van der Waals surface area contributed by atoms with Crippen LogP contribution in [0.15, 0.2) is 77.2 Å². The first-order chi connectivity index (χ1) is 13.6. The normalized spacial score (nSPS) is 15.9. The van der Waals surface area contributed by atoms with E-state index in [4.69, 9.17) is 16.2 Å². The average Bonchev–Trinajstić information content (AvgIpc) is 3.10. The summed E-state index contributed by atoms with van der Waals surface area (Å²) in [4.78, 5) is 17.2. The lowest BCUT2D eigenvalue weighted by atomic mass is 9.88. The maximum atomic E-state index is 12.0. The van der Waals surface area contributed by atoms with Gasteiger partial charge in [0.05, 0.1) is 22.6 Å². The van der Waals surface area contributed by atoms with E-state index in [1.165, 1.54) is 11.3 Å². The number of amides is 1. The van der Waals surface area contributed by atoms with E-state index in [9.17, 15) is 4.79 Å². The largest absolute Gasteiger partial charge is 0.421 e. The monoisotopic (exact) mass is 391 g/mol. The molecular weight excluding hydrogens is 374 g/mol. The second-order valence-corrected chi connectivity index (χ2v) is 7.09. The number of carbonyl (C=O) groups excluding carboxylic acids is 1. The molecule has 28 heavy (non-hydrogen) atoms. The number of anilines is 1. The van der Waals surface area contributed by atoms with Crippen molar-refractivity contribution in [3.05, 3.63) is 88.1 Å². The number of carbonyl (C=O) groups is 1. The molecule has 0 aliphatic carbocycles. The van der Waals surface area contributed by atoms with Crippen molar-refractivity contribution in [1.82, 2.24) is 4.98 Å². The second-order valence-electron chi connectivity index (χ2n) is 6.06. The Morgan fingerprint density at radius 3 is 2.50 bits per heavy atom. The van der Waals surface area contributed by atoms with Gasteiger partial charge in [0.2, 0.25) is 16.9 Å². The molecule has 1 aliphatic rings. The van der Waals surface area contributed by atoms with E-state index in [-0.39, 0.29) is 11.5 Å². The van der Waals surface area contributed by atoms with Crippen LogP contribution >= 0.6 is 11.3 Å². The molecule has 3 aromatic rings. The maximum absolute atomic E-state index is 12.0. The van der Waals surface area contributed by atoms with Crippen LogP contribution in [-0.4, -0.2) is 17.1 Å². The van der Waals surface area contributed by atoms with Crippen LogP contribution in [0.25, 0.3) is 0 Å². The molecule has 0 bridgehead atoms. The maximum Gasteiger partial charge on any atom is 0.251 e. The Labute approximate surface area is 165 Å². The molecular formula is C20H17N5O2S. The van der Waals surface area contributed by atoms with E-state index in [0.29, 0.717) is 11.0 Å². The number of thiazole rings is 1. The first kappa shape index (κ1) is 17.7. The third kappa shape index (κ3) is 3.45. The van der Waals surface area contributed by atoms with Crippen molar-refractivity contribution in [3.8, 4) is 5.88 Å². The third-order valence-electron chi connectivity index (χ3n) is 4.22. The van der Waals surface area contributed by atoms with Crippen LogP contribution in [0.5, 0.6) is 5.88 Å². The lowest BCUT2D eigenvalue weighted by molar-refractivity contribution is -0.115. The summed E-state index contributed by atoms with van der Waals surface area (Å²) >= 11 is 1.34. The number of hydrazone groups is 1. The highest BCUT2D eigenvalue weighted by molar-refractivity contribution is 7.16. The van der Waals surface area contributed by atoms with E-state index in [1.54, 1.807) is 6.21 Å². The molecule has 7 nitrogen and oxygen atoms in total. The molecule has 0 radical (unpaired) electrons. The molecule has 1 unspecified atom stereocenters. The van der Waals surface area contributed by atoms with E-state index >= 15 is 0 Å². The molecule has 0 saturated carbocycles. The van der Waals surface area contributed by atoms with Gasteiger partial charge in [-0.25, -0.2) is 0 Å². The molecule has 1 atom stereocenters. The Hall–Kier alpha value is -3.65. The van der Waals surface area contributed by atoms with Gasteiger partial charge in [-0.2, -0.15) is 10.1 Å². The van der Waals surface area contributed by atoms with Gasteiger partial charge in [0, 0.05) is 0 Å². The van der Waals surface area contributed by atoms with E-state index < -0.39 is 11.8 Å². The lowest BCUT2D eigenvalue weighted by Gasteiger charge is -2.24. The molecule has 1 amide bonds. The van der Waals surface area contributed by atoms with Gasteiger partial charge in [0.1, 0.15) is 0 Å². The summed E-state index contributed by atoms with van der Waals surface area (Å²) in [6.07, 6.45) is 1.69. The van der Waals surface area contributed by atoms with Crippen LogP contribution < -0.4 is 21.6 Å². The highest BCUT2D eigenvalue weighted by Gasteiger charge is 2.36. The van der Waals surface area contributed by atoms with E-state index in [2.05, 4.69) is 15.5 Å². The number of aromatic nitrogens is 1. The molecule has 2 heterocycles. The number of nitrogens with one attached hydrogen (secondary N) is 1. The Balaban J connectivity index is 1.66. The van der Waals surface area contributed by atoms with Crippen molar-refractivity contribution in [2.45, 2.75) is 5.92 Å².